The smallest absolute Gasteiger partial charge is 0.134 e. The predicted octanol–water partition coefficient (Wildman–Crippen LogP) is 3.42. The number of nitrogens with one attached hydrogen (secondary N) is 1. The van der Waals surface area contributed by atoms with E-state index in [1.54, 1.807) is 0 Å². The first-order valence-corrected chi connectivity index (χ1v) is 7.05. The van der Waals surface area contributed by atoms with Gasteiger partial charge in [-0.05, 0) is 39.3 Å². The average molecular weight is 261 g/mol. The molecule has 0 spiro atoms. The van der Waals surface area contributed by atoms with Gasteiger partial charge in [0.1, 0.15) is 11.3 Å². The summed E-state index contributed by atoms with van der Waals surface area (Å²) in [6.07, 6.45) is 1.46. The molecule has 0 amide bonds. The minimum absolute atomic E-state index is 0.168. The summed E-state index contributed by atoms with van der Waals surface area (Å²) in [6, 6.07) is 8.35. The highest BCUT2D eigenvalue weighted by atomic mass is 16.3. The van der Waals surface area contributed by atoms with Gasteiger partial charge in [-0.15, -0.1) is 0 Å². The van der Waals surface area contributed by atoms with Crippen molar-refractivity contribution in [2.24, 2.45) is 0 Å². The van der Waals surface area contributed by atoms with Gasteiger partial charge in [-0.25, -0.2) is 0 Å². The van der Waals surface area contributed by atoms with Gasteiger partial charge in [-0.2, -0.15) is 0 Å². The molecule has 2 unspecified atom stereocenters. The van der Waals surface area contributed by atoms with Crippen molar-refractivity contribution >= 4 is 11.0 Å². The number of para-hydroxylation sites is 1. The van der Waals surface area contributed by atoms with E-state index in [0.29, 0.717) is 0 Å². The Morgan fingerprint density at radius 2 is 2.00 bits per heavy atom. The molecule has 0 aliphatic rings. The Morgan fingerprint density at radius 3 is 2.68 bits per heavy atom. The van der Waals surface area contributed by atoms with E-state index < -0.39 is 0 Å². The number of rotatable bonds is 6. The Morgan fingerprint density at radius 1 is 1.26 bits per heavy atom. The molecule has 19 heavy (non-hydrogen) atoms. The summed E-state index contributed by atoms with van der Waals surface area (Å²) >= 11 is 0. The van der Waals surface area contributed by atoms with Crippen LogP contribution in [-0.2, 0) is 6.42 Å². The van der Waals surface area contributed by atoms with Gasteiger partial charge in [-0.1, -0.05) is 25.1 Å². The molecule has 0 saturated carbocycles. The molecule has 0 aliphatic heterocycles. The number of furan rings is 1. The lowest BCUT2D eigenvalue weighted by Gasteiger charge is -2.13. The van der Waals surface area contributed by atoms with E-state index in [9.17, 15) is 5.11 Å². The van der Waals surface area contributed by atoms with Gasteiger partial charge in [-0.3, -0.25) is 0 Å². The van der Waals surface area contributed by atoms with Gasteiger partial charge in [0.15, 0.2) is 0 Å². The van der Waals surface area contributed by atoms with E-state index in [-0.39, 0.29) is 12.1 Å². The van der Waals surface area contributed by atoms with Crippen LogP contribution >= 0.6 is 0 Å². The summed E-state index contributed by atoms with van der Waals surface area (Å²) < 4.78 is 5.98. The van der Waals surface area contributed by atoms with Gasteiger partial charge in [0, 0.05) is 10.9 Å². The SMILES string of the molecule is CCc1c(C(C)NCCC(C)O)oc2ccccc12. The van der Waals surface area contributed by atoms with Gasteiger partial charge in [0.25, 0.3) is 0 Å². The molecule has 2 aromatic rings. The van der Waals surface area contributed by atoms with Crippen LogP contribution in [0.5, 0.6) is 0 Å². The Bertz CT molecular complexity index is 531. The number of aliphatic hydroxyl groups excluding tert-OH is 1. The first-order valence-electron chi connectivity index (χ1n) is 7.05. The number of aryl methyl sites for hydroxylation is 1. The summed E-state index contributed by atoms with van der Waals surface area (Å²) in [7, 11) is 0. The van der Waals surface area contributed by atoms with Gasteiger partial charge >= 0.3 is 0 Å². The Hall–Kier alpha value is -1.32. The van der Waals surface area contributed by atoms with Crippen LogP contribution in [-0.4, -0.2) is 17.8 Å². The zero-order valence-corrected chi connectivity index (χ0v) is 11.9. The molecule has 2 rings (SSSR count). The van der Waals surface area contributed by atoms with Crippen molar-refractivity contribution in [3.8, 4) is 0 Å². The standard InChI is InChI=1S/C16H23NO2/c1-4-13-14-7-5-6-8-15(14)19-16(13)12(3)17-10-9-11(2)18/h5-8,11-12,17-18H,4,9-10H2,1-3H3. The molecule has 3 nitrogen and oxygen atoms in total. The summed E-state index contributed by atoms with van der Waals surface area (Å²) in [5.74, 6) is 1.02. The molecule has 0 saturated heterocycles. The Kier molecular flexibility index (Phi) is 4.61. The lowest BCUT2D eigenvalue weighted by atomic mass is 10.0. The molecule has 1 aromatic heterocycles. The highest BCUT2D eigenvalue weighted by molar-refractivity contribution is 5.82. The molecule has 1 aromatic carbocycles. The van der Waals surface area contributed by atoms with E-state index >= 15 is 0 Å². The summed E-state index contributed by atoms with van der Waals surface area (Å²) in [4.78, 5) is 0. The molecule has 2 atom stereocenters. The number of fused-ring (bicyclic) bond motifs is 1. The van der Waals surface area contributed by atoms with Crippen LogP contribution in [0.4, 0.5) is 0 Å². The molecule has 0 radical (unpaired) electrons. The Labute approximate surface area is 114 Å². The number of benzene rings is 1. The minimum atomic E-state index is -0.263. The highest BCUT2D eigenvalue weighted by Gasteiger charge is 2.17. The molecule has 1 heterocycles. The third kappa shape index (κ3) is 3.17. The molecule has 0 bridgehead atoms. The lowest BCUT2D eigenvalue weighted by Crippen LogP contribution is -2.22. The monoisotopic (exact) mass is 261 g/mol. The van der Waals surface area contributed by atoms with Gasteiger partial charge < -0.3 is 14.8 Å². The van der Waals surface area contributed by atoms with E-state index in [4.69, 9.17) is 4.42 Å². The lowest BCUT2D eigenvalue weighted by molar-refractivity contribution is 0.182. The molecular formula is C16H23NO2. The molecule has 104 valence electrons. The normalized spacial score (nSPS) is 14.7. The topological polar surface area (TPSA) is 45.4 Å². The summed E-state index contributed by atoms with van der Waals surface area (Å²) in [6.45, 7) is 6.87. The van der Waals surface area contributed by atoms with E-state index in [1.807, 2.05) is 25.1 Å². The second-order valence-corrected chi connectivity index (χ2v) is 5.11. The maximum absolute atomic E-state index is 9.29. The molecule has 0 aliphatic carbocycles. The van der Waals surface area contributed by atoms with E-state index in [0.717, 1.165) is 30.7 Å². The average Bonchev–Trinajstić information content (AvgIpc) is 2.76. The first-order chi connectivity index (χ1) is 9.13. The number of hydrogen-bond acceptors (Lipinski definition) is 3. The summed E-state index contributed by atoms with van der Waals surface area (Å²) in [5, 5.41) is 13.9. The minimum Gasteiger partial charge on any atom is -0.459 e. The third-order valence-electron chi connectivity index (χ3n) is 3.49. The predicted molar refractivity (Wildman–Crippen MR) is 78.3 cm³/mol. The molecular weight excluding hydrogens is 238 g/mol. The van der Waals surface area contributed by atoms with Crippen molar-refractivity contribution in [3.63, 3.8) is 0 Å². The summed E-state index contributed by atoms with van der Waals surface area (Å²) in [5.41, 5.74) is 2.24. The number of hydrogen-bond donors (Lipinski definition) is 2. The van der Waals surface area contributed by atoms with Crippen LogP contribution in [0, 0.1) is 0 Å². The fourth-order valence-electron chi connectivity index (χ4n) is 2.43. The van der Waals surface area contributed by atoms with Crippen LogP contribution < -0.4 is 5.32 Å². The van der Waals surface area contributed by atoms with Crippen molar-refractivity contribution in [1.29, 1.82) is 0 Å². The van der Waals surface area contributed by atoms with Crippen molar-refractivity contribution in [1.82, 2.24) is 5.32 Å². The van der Waals surface area contributed by atoms with Crippen LogP contribution in [0.25, 0.3) is 11.0 Å². The third-order valence-corrected chi connectivity index (χ3v) is 3.49. The van der Waals surface area contributed by atoms with Crippen LogP contribution in [0.2, 0.25) is 0 Å². The molecule has 3 heteroatoms. The zero-order chi connectivity index (χ0) is 13.8. The molecule has 0 fully saturated rings. The second-order valence-electron chi connectivity index (χ2n) is 5.11. The van der Waals surface area contributed by atoms with Gasteiger partial charge in [0.2, 0.25) is 0 Å². The fourth-order valence-corrected chi connectivity index (χ4v) is 2.43. The Balaban J connectivity index is 2.19. The highest BCUT2D eigenvalue weighted by Crippen LogP contribution is 2.30. The van der Waals surface area contributed by atoms with Crippen LogP contribution in [0.3, 0.4) is 0 Å². The zero-order valence-electron chi connectivity index (χ0n) is 11.9. The quantitative estimate of drug-likeness (QED) is 0.837. The van der Waals surface area contributed by atoms with Crippen LogP contribution in [0.15, 0.2) is 28.7 Å². The first kappa shape index (κ1) is 14.1. The maximum atomic E-state index is 9.29. The van der Waals surface area contributed by atoms with Crippen molar-refractivity contribution in [3.05, 3.63) is 35.6 Å². The van der Waals surface area contributed by atoms with E-state index in [2.05, 4.69) is 25.2 Å². The van der Waals surface area contributed by atoms with Crippen molar-refractivity contribution in [2.75, 3.05) is 6.54 Å². The fraction of sp³-hybridized carbons (Fsp3) is 0.500. The largest absolute Gasteiger partial charge is 0.459 e. The van der Waals surface area contributed by atoms with Crippen molar-refractivity contribution in [2.45, 2.75) is 45.8 Å². The van der Waals surface area contributed by atoms with Gasteiger partial charge in [0.05, 0.1) is 12.1 Å². The van der Waals surface area contributed by atoms with E-state index in [1.165, 1.54) is 10.9 Å². The van der Waals surface area contributed by atoms with Crippen LogP contribution in [0.1, 0.15) is 44.6 Å². The number of aliphatic hydroxyl groups is 1. The van der Waals surface area contributed by atoms with Crippen molar-refractivity contribution < 1.29 is 9.52 Å². The molecule has 2 N–H and O–H groups in total. The second kappa shape index (κ2) is 6.22. The maximum Gasteiger partial charge on any atom is 0.134 e.